The van der Waals surface area contributed by atoms with Crippen LogP contribution in [-0.4, -0.2) is 51.7 Å². The number of rotatable bonds is 4. The zero-order valence-corrected chi connectivity index (χ0v) is 14.4. The van der Waals surface area contributed by atoms with Gasteiger partial charge in [0.15, 0.2) is 0 Å². The molecule has 1 saturated heterocycles. The summed E-state index contributed by atoms with van der Waals surface area (Å²) in [5.41, 5.74) is 3.58. The molecule has 126 valence electrons. The summed E-state index contributed by atoms with van der Waals surface area (Å²) in [5.74, 6) is 0.0778. The number of aryl methyl sites for hydroxylation is 2. The molecule has 0 atom stereocenters. The third kappa shape index (κ3) is 4.32. The van der Waals surface area contributed by atoms with Crippen molar-refractivity contribution in [2.45, 2.75) is 13.5 Å². The molecule has 3 rings (SSSR count). The number of hydrogen-bond acceptors (Lipinski definition) is 3. The highest BCUT2D eigenvalue weighted by molar-refractivity contribution is 5.91. The average Bonchev–Trinajstić information content (AvgIpc) is 2.99. The Bertz CT molecular complexity index is 726. The van der Waals surface area contributed by atoms with Crippen LogP contribution in [0.25, 0.3) is 6.08 Å². The molecule has 0 saturated carbocycles. The van der Waals surface area contributed by atoms with Gasteiger partial charge < -0.3 is 4.90 Å². The Kier molecular flexibility index (Phi) is 5.11. The predicted molar refractivity (Wildman–Crippen MR) is 95.3 cm³/mol. The van der Waals surface area contributed by atoms with Gasteiger partial charge in [0.1, 0.15) is 0 Å². The third-order valence-electron chi connectivity index (χ3n) is 4.32. The molecule has 2 aromatic rings. The molecular formula is C19H24N4O. The number of carbonyl (C=O) groups excluding carboxylic acids is 1. The monoisotopic (exact) mass is 324 g/mol. The highest BCUT2D eigenvalue weighted by atomic mass is 16.2. The van der Waals surface area contributed by atoms with Gasteiger partial charge in [-0.3, -0.25) is 14.4 Å². The van der Waals surface area contributed by atoms with E-state index < -0.39 is 0 Å². The van der Waals surface area contributed by atoms with Crippen LogP contribution in [0.3, 0.4) is 0 Å². The molecule has 24 heavy (non-hydrogen) atoms. The number of nitrogens with zero attached hydrogens (tertiary/aromatic N) is 4. The van der Waals surface area contributed by atoms with Crippen molar-refractivity contribution in [3.8, 4) is 0 Å². The van der Waals surface area contributed by atoms with E-state index in [0.717, 1.165) is 38.3 Å². The second kappa shape index (κ2) is 7.45. The Hall–Kier alpha value is -2.40. The van der Waals surface area contributed by atoms with Crippen molar-refractivity contribution in [3.63, 3.8) is 0 Å². The average molecular weight is 324 g/mol. The molecule has 0 aliphatic carbocycles. The van der Waals surface area contributed by atoms with E-state index >= 15 is 0 Å². The summed E-state index contributed by atoms with van der Waals surface area (Å²) in [4.78, 5) is 16.6. The molecular weight excluding hydrogens is 300 g/mol. The number of hydrogen-bond donors (Lipinski definition) is 0. The minimum Gasteiger partial charge on any atom is -0.337 e. The van der Waals surface area contributed by atoms with Gasteiger partial charge >= 0.3 is 0 Å². The van der Waals surface area contributed by atoms with Crippen LogP contribution in [-0.2, 0) is 18.4 Å². The summed E-state index contributed by atoms with van der Waals surface area (Å²) in [6.07, 6.45) is 7.12. The molecule has 5 heteroatoms. The fourth-order valence-corrected chi connectivity index (χ4v) is 2.99. The Morgan fingerprint density at radius 1 is 1.25 bits per heavy atom. The van der Waals surface area contributed by atoms with E-state index in [2.05, 4.69) is 41.2 Å². The van der Waals surface area contributed by atoms with Crippen LogP contribution < -0.4 is 0 Å². The van der Waals surface area contributed by atoms with E-state index in [1.54, 1.807) is 17.0 Å². The van der Waals surface area contributed by atoms with Crippen LogP contribution in [0.4, 0.5) is 0 Å². The molecule has 1 aliphatic rings. The van der Waals surface area contributed by atoms with Crippen LogP contribution in [0, 0.1) is 6.92 Å². The zero-order chi connectivity index (χ0) is 16.9. The zero-order valence-electron chi connectivity index (χ0n) is 14.4. The number of amides is 1. The standard InChI is InChI=1S/C19H24N4O/c1-16-4-3-5-17(12-16)15-22-8-10-23(11-9-22)19(24)7-6-18-13-20-21(2)14-18/h3-7,12-14H,8-11,15H2,1-2H3/b7-6+. The lowest BCUT2D eigenvalue weighted by atomic mass is 10.1. The van der Waals surface area contributed by atoms with E-state index in [1.165, 1.54) is 11.1 Å². The lowest BCUT2D eigenvalue weighted by molar-refractivity contribution is -0.127. The van der Waals surface area contributed by atoms with E-state index in [9.17, 15) is 4.79 Å². The predicted octanol–water partition coefficient (Wildman–Crippen LogP) is 2.09. The minimum atomic E-state index is 0.0778. The van der Waals surface area contributed by atoms with Crippen molar-refractivity contribution in [2.75, 3.05) is 26.2 Å². The van der Waals surface area contributed by atoms with Gasteiger partial charge in [0.05, 0.1) is 6.20 Å². The fourth-order valence-electron chi connectivity index (χ4n) is 2.99. The van der Waals surface area contributed by atoms with Crippen molar-refractivity contribution in [1.82, 2.24) is 19.6 Å². The van der Waals surface area contributed by atoms with Crippen molar-refractivity contribution < 1.29 is 4.79 Å². The van der Waals surface area contributed by atoms with Gasteiger partial charge in [-0.2, -0.15) is 5.10 Å². The van der Waals surface area contributed by atoms with Crippen molar-refractivity contribution in [1.29, 1.82) is 0 Å². The Morgan fingerprint density at radius 3 is 2.71 bits per heavy atom. The Morgan fingerprint density at radius 2 is 2.04 bits per heavy atom. The SMILES string of the molecule is Cc1cccc(CN2CCN(C(=O)/C=C/c3cnn(C)c3)CC2)c1. The van der Waals surface area contributed by atoms with Gasteiger partial charge in [-0.25, -0.2) is 0 Å². The normalized spacial score (nSPS) is 16.0. The van der Waals surface area contributed by atoms with E-state index in [0.29, 0.717) is 0 Å². The molecule has 0 radical (unpaired) electrons. The molecule has 1 aromatic heterocycles. The molecule has 0 unspecified atom stereocenters. The molecule has 1 aliphatic heterocycles. The number of piperazine rings is 1. The first kappa shape index (κ1) is 16.5. The van der Waals surface area contributed by atoms with Crippen LogP contribution in [0.2, 0.25) is 0 Å². The maximum Gasteiger partial charge on any atom is 0.246 e. The van der Waals surface area contributed by atoms with Gasteiger partial charge in [0.2, 0.25) is 5.91 Å². The van der Waals surface area contributed by atoms with E-state index in [-0.39, 0.29) is 5.91 Å². The van der Waals surface area contributed by atoms with Gasteiger partial charge in [-0.05, 0) is 18.6 Å². The van der Waals surface area contributed by atoms with Gasteiger partial charge in [0, 0.05) is 57.6 Å². The van der Waals surface area contributed by atoms with Crippen LogP contribution in [0.1, 0.15) is 16.7 Å². The molecule has 0 spiro atoms. The minimum absolute atomic E-state index is 0.0778. The molecule has 5 nitrogen and oxygen atoms in total. The molecule has 0 bridgehead atoms. The summed E-state index contributed by atoms with van der Waals surface area (Å²) >= 11 is 0. The first-order chi connectivity index (χ1) is 11.6. The fraction of sp³-hybridized carbons (Fsp3) is 0.368. The van der Waals surface area contributed by atoms with E-state index in [1.807, 2.05) is 24.2 Å². The second-order valence-corrected chi connectivity index (χ2v) is 6.37. The summed E-state index contributed by atoms with van der Waals surface area (Å²) < 4.78 is 1.73. The first-order valence-electron chi connectivity index (χ1n) is 8.34. The third-order valence-corrected chi connectivity index (χ3v) is 4.32. The number of aromatic nitrogens is 2. The number of carbonyl (C=O) groups is 1. The molecule has 2 heterocycles. The molecule has 1 fully saturated rings. The van der Waals surface area contributed by atoms with Gasteiger partial charge in [0.25, 0.3) is 0 Å². The number of benzene rings is 1. The van der Waals surface area contributed by atoms with Crippen LogP contribution >= 0.6 is 0 Å². The highest BCUT2D eigenvalue weighted by Gasteiger charge is 2.19. The lowest BCUT2D eigenvalue weighted by Gasteiger charge is -2.34. The van der Waals surface area contributed by atoms with Crippen molar-refractivity contribution in [2.24, 2.45) is 7.05 Å². The first-order valence-corrected chi connectivity index (χ1v) is 8.34. The van der Waals surface area contributed by atoms with Crippen molar-refractivity contribution >= 4 is 12.0 Å². The van der Waals surface area contributed by atoms with Gasteiger partial charge in [-0.15, -0.1) is 0 Å². The topological polar surface area (TPSA) is 41.4 Å². The lowest BCUT2D eigenvalue weighted by Crippen LogP contribution is -2.47. The van der Waals surface area contributed by atoms with Crippen LogP contribution in [0.5, 0.6) is 0 Å². The van der Waals surface area contributed by atoms with Crippen LogP contribution in [0.15, 0.2) is 42.7 Å². The summed E-state index contributed by atoms with van der Waals surface area (Å²) in [6.45, 7) is 6.47. The largest absolute Gasteiger partial charge is 0.337 e. The van der Waals surface area contributed by atoms with Gasteiger partial charge in [-0.1, -0.05) is 29.8 Å². The summed E-state index contributed by atoms with van der Waals surface area (Å²) in [5, 5.41) is 4.10. The molecule has 1 amide bonds. The molecule has 0 N–H and O–H groups in total. The Labute approximate surface area is 143 Å². The second-order valence-electron chi connectivity index (χ2n) is 6.37. The smallest absolute Gasteiger partial charge is 0.246 e. The highest BCUT2D eigenvalue weighted by Crippen LogP contribution is 2.11. The van der Waals surface area contributed by atoms with Crippen molar-refractivity contribution in [3.05, 3.63) is 59.4 Å². The molecule has 1 aromatic carbocycles. The van der Waals surface area contributed by atoms with E-state index in [4.69, 9.17) is 0 Å². The Balaban J connectivity index is 1.49. The maximum atomic E-state index is 12.3. The quantitative estimate of drug-likeness (QED) is 0.809. The maximum absolute atomic E-state index is 12.3. The summed E-state index contributed by atoms with van der Waals surface area (Å²) in [7, 11) is 1.87. The summed E-state index contributed by atoms with van der Waals surface area (Å²) in [6, 6.07) is 8.62.